The molecule has 0 spiro atoms. The zero-order valence-electron chi connectivity index (χ0n) is 15.3. The van der Waals surface area contributed by atoms with Gasteiger partial charge in [0.15, 0.2) is 0 Å². The molecule has 124 valence electrons. The van der Waals surface area contributed by atoms with Gasteiger partial charge in [0.25, 0.3) is 0 Å². The van der Waals surface area contributed by atoms with Gasteiger partial charge in [-0.3, -0.25) is 14.6 Å². The average molecular weight is 323 g/mol. The first kappa shape index (κ1) is 26.3. The van der Waals surface area contributed by atoms with E-state index in [1.165, 1.54) is 44.7 Å². The third-order valence-corrected chi connectivity index (χ3v) is 2.59. The Balaban J connectivity index is -0.000000225. The van der Waals surface area contributed by atoms with Crippen molar-refractivity contribution in [2.75, 3.05) is 0 Å². The van der Waals surface area contributed by atoms with Crippen LogP contribution in [0, 0.1) is 0 Å². The minimum atomic E-state index is -0.840. The molecule has 0 aromatic rings. The summed E-state index contributed by atoms with van der Waals surface area (Å²) in [6.45, 7) is 3.82. The maximum absolute atomic E-state index is 10.1. The van der Waals surface area contributed by atoms with Gasteiger partial charge in [0, 0.05) is 18.8 Å². The molecule has 0 atom stereocenters. The Bertz CT molecular complexity index is 323. The van der Waals surface area contributed by atoms with E-state index in [9.17, 15) is 9.59 Å². The molecule has 0 unspecified atom stereocenters. The normalized spacial score (nSPS) is 10.1. The topological polar surface area (TPSA) is 87.0 Å². The molecule has 0 fully saturated rings. The number of nitrogens with zero attached hydrogens (tertiary/aromatic N) is 1. The second-order valence-corrected chi connectivity index (χ2v) is 4.62. The van der Waals surface area contributed by atoms with Crippen LogP contribution in [0.2, 0.25) is 0 Å². The van der Waals surface area contributed by atoms with E-state index in [4.69, 9.17) is 10.2 Å². The minimum absolute atomic E-state index is 0. The molecule has 0 heterocycles. The summed E-state index contributed by atoms with van der Waals surface area (Å²) in [5, 5.41) is 16.1. The molecule has 0 aromatic heterocycles. The number of carboxylic acids is 2. The molecule has 5 nitrogen and oxygen atoms in total. The van der Waals surface area contributed by atoms with E-state index in [-0.39, 0.29) is 43.8 Å². The Morgan fingerprint density at radius 3 is 2.05 bits per heavy atom. The first-order chi connectivity index (χ1) is 10.0. The summed E-state index contributed by atoms with van der Waals surface area (Å²) < 4.78 is 0. The summed E-state index contributed by atoms with van der Waals surface area (Å²) in [4.78, 5) is 23.4. The molecule has 0 rings (SSSR count). The van der Waals surface area contributed by atoms with Crippen LogP contribution in [0.15, 0.2) is 17.3 Å². The molecular formula is C16H30NNaO4. The monoisotopic (exact) mass is 323 g/mol. The van der Waals surface area contributed by atoms with Gasteiger partial charge in [0.1, 0.15) is 0 Å². The zero-order valence-corrected chi connectivity index (χ0v) is 16.3. The average Bonchev–Trinajstić information content (AvgIpc) is 2.45. The fourth-order valence-corrected chi connectivity index (χ4v) is 1.37. The number of carbonyl (C=O) groups is 2. The third-order valence-electron chi connectivity index (χ3n) is 2.59. The van der Waals surface area contributed by atoms with Crippen molar-refractivity contribution in [2.45, 2.75) is 71.6 Å². The van der Waals surface area contributed by atoms with Gasteiger partial charge in [-0.05, 0) is 12.8 Å². The van der Waals surface area contributed by atoms with E-state index < -0.39 is 11.9 Å². The third kappa shape index (κ3) is 31.6. The van der Waals surface area contributed by atoms with Crippen molar-refractivity contribution in [3.8, 4) is 0 Å². The van der Waals surface area contributed by atoms with Crippen LogP contribution in [0.3, 0.4) is 0 Å². The quantitative estimate of drug-likeness (QED) is 0.342. The molecule has 0 aliphatic rings. The van der Waals surface area contributed by atoms with Crippen LogP contribution in [-0.2, 0) is 9.59 Å². The van der Waals surface area contributed by atoms with E-state index in [0.29, 0.717) is 0 Å². The summed E-state index contributed by atoms with van der Waals surface area (Å²) in [6.07, 6.45) is 14.2. The minimum Gasteiger partial charge on any atom is -1.00 e. The molecule has 0 aromatic carbocycles. The maximum atomic E-state index is 10.1. The van der Waals surface area contributed by atoms with Crippen molar-refractivity contribution < 1.29 is 50.8 Å². The fourth-order valence-electron chi connectivity index (χ4n) is 1.37. The molecule has 6 heteroatoms. The van der Waals surface area contributed by atoms with Crippen LogP contribution < -0.4 is 29.6 Å². The van der Waals surface area contributed by atoms with Crippen LogP contribution in [0.4, 0.5) is 0 Å². The van der Waals surface area contributed by atoms with Crippen molar-refractivity contribution in [3.05, 3.63) is 12.3 Å². The number of allylic oxidation sites excluding steroid dienone is 1. The Morgan fingerprint density at radius 2 is 1.55 bits per heavy atom. The van der Waals surface area contributed by atoms with E-state index in [0.717, 1.165) is 6.42 Å². The van der Waals surface area contributed by atoms with E-state index in [2.05, 4.69) is 11.9 Å². The van der Waals surface area contributed by atoms with Gasteiger partial charge in [-0.2, -0.15) is 0 Å². The second kappa shape index (κ2) is 22.6. The molecule has 0 saturated heterocycles. The molecule has 0 aliphatic heterocycles. The molecule has 0 radical (unpaired) electrons. The molecule has 22 heavy (non-hydrogen) atoms. The fraction of sp³-hybridized carbons (Fsp3) is 0.688. The number of aliphatic imine (C=N–C) groups is 1. The largest absolute Gasteiger partial charge is 1.00 e. The number of hydrogen-bond acceptors (Lipinski definition) is 3. The first-order valence-corrected chi connectivity index (χ1v) is 7.64. The first-order valence-electron chi connectivity index (χ1n) is 7.64. The van der Waals surface area contributed by atoms with Gasteiger partial charge in [0.2, 0.25) is 0 Å². The van der Waals surface area contributed by atoms with E-state index >= 15 is 0 Å². The number of unbranched alkanes of at least 4 members (excludes halogenated alkanes) is 6. The van der Waals surface area contributed by atoms with Gasteiger partial charge in [-0.15, -0.1) is 0 Å². The molecule has 0 saturated carbocycles. The standard InChI is InChI=1S/C13H23NO2.C3H6O2.Na.H/c1-2-3-4-5-6-7-8-9-11-14-12-10-13(15)16;1-2-3(4)5;;/h9,11-12H,2-8,10H2,1H3,(H,15,16);2H2,1H3,(H,4,5);;/q;;+1;-1. The van der Waals surface area contributed by atoms with Crippen molar-refractivity contribution in [2.24, 2.45) is 4.99 Å². The van der Waals surface area contributed by atoms with Crippen LogP contribution in [0.5, 0.6) is 0 Å². The summed E-state index contributed by atoms with van der Waals surface area (Å²) in [6, 6.07) is 0. The SMILES string of the molecule is CCC(=O)O.CCCCCCCCC=CN=CCC(=O)O.[H-].[Na+]. The molecular weight excluding hydrogens is 293 g/mol. The summed E-state index contributed by atoms with van der Waals surface area (Å²) in [5.74, 6) is -1.59. The molecule has 0 bridgehead atoms. The van der Waals surface area contributed by atoms with Crippen LogP contribution in [0.1, 0.15) is 73.1 Å². The smallest absolute Gasteiger partial charge is 1.00 e. The van der Waals surface area contributed by atoms with Crippen LogP contribution in [0.25, 0.3) is 0 Å². The zero-order chi connectivity index (χ0) is 16.3. The van der Waals surface area contributed by atoms with E-state index in [1.54, 1.807) is 13.1 Å². The summed E-state index contributed by atoms with van der Waals surface area (Å²) >= 11 is 0. The molecule has 0 amide bonds. The van der Waals surface area contributed by atoms with Crippen molar-refractivity contribution >= 4 is 18.2 Å². The predicted molar refractivity (Wildman–Crippen MR) is 86.9 cm³/mol. The van der Waals surface area contributed by atoms with Gasteiger partial charge >= 0.3 is 41.5 Å². The molecule has 2 N–H and O–H groups in total. The van der Waals surface area contributed by atoms with E-state index in [1.807, 2.05) is 6.08 Å². The Labute approximate surface area is 157 Å². The Hall–Kier alpha value is -0.650. The molecule has 0 aliphatic carbocycles. The summed E-state index contributed by atoms with van der Waals surface area (Å²) in [5.41, 5.74) is 0. The maximum Gasteiger partial charge on any atom is 1.00 e. The number of hydrogen-bond donors (Lipinski definition) is 2. The van der Waals surface area contributed by atoms with Gasteiger partial charge in [-0.1, -0.05) is 52.0 Å². The van der Waals surface area contributed by atoms with Crippen LogP contribution in [-0.4, -0.2) is 28.4 Å². The summed E-state index contributed by atoms with van der Waals surface area (Å²) in [7, 11) is 0. The predicted octanol–water partition coefficient (Wildman–Crippen LogP) is 1.39. The number of rotatable bonds is 11. The van der Waals surface area contributed by atoms with Gasteiger partial charge in [0.05, 0.1) is 6.42 Å². The van der Waals surface area contributed by atoms with Crippen molar-refractivity contribution in [1.29, 1.82) is 0 Å². The van der Waals surface area contributed by atoms with Crippen molar-refractivity contribution in [1.82, 2.24) is 0 Å². The Kier molecular flexibility index (Phi) is 27.0. The van der Waals surface area contributed by atoms with Crippen LogP contribution >= 0.6 is 0 Å². The van der Waals surface area contributed by atoms with Crippen molar-refractivity contribution in [3.63, 3.8) is 0 Å². The number of aliphatic carboxylic acids is 2. The number of carboxylic acid groups (broad SMARTS) is 2. The van der Waals surface area contributed by atoms with Gasteiger partial charge < -0.3 is 11.6 Å². The van der Waals surface area contributed by atoms with Gasteiger partial charge in [-0.25, -0.2) is 0 Å². The Morgan fingerprint density at radius 1 is 1.00 bits per heavy atom. The second-order valence-electron chi connectivity index (χ2n) is 4.62.